The van der Waals surface area contributed by atoms with E-state index in [-0.39, 0.29) is 0 Å². The number of benzene rings is 1. The lowest BCUT2D eigenvalue weighted by molar-refractivity contribution is 0.187. The molecule has 4 nitrogen and oxygen atoms in total. The molecule has 2 aliphatic rings. The van der Waals surface area contributed by atoms with Gasteiger partial charge < -0.3 is 20.3 Å². The van der Waals surface area contributed by atoms with Crippen molar-refractivity contribution >= 4 is 5.69 Å². The second kappa shape index (κ2) is 6.67. The Morgan fingerprint density at radius 3 is 2.76 bits per heavy atom. The summed E-state index contributed by atoms with van der Waals surface area (Å²) < 4.78 is 6.11. The van der Waals surface area contributed by atoms with Crippen LogP contribution in [0.15, 0.2) is 18.2 Å². The normalized spacial score (nSPS) is 22.2. The average molecular weight is 289 g/mol. The van der Waals surface area contributed by atoms with E-state index in [0.717, 1.165) is 37.4 Å². The molecule has 1 unspecified atom stereocenters. The van der Waals surface area contributed by atoms with Gasteiger partial charge in [-0.1, -0.05) is 13.0 Å². The van der Waals surface area contributed by atoms with E-state index in [1.54, 1.807) is 0 Å². The minimum absolute atomic E-state index is 0.295. The van der Waals surface area contributed by atoms with Crippen molar-refractivity contribution in [3.63, 3.8) is 0 Å². The molecule has 3 rings (SSSR count). The highest BCUT2D eigenvalue weighted by Gasteiger charge is 2.25. The van der Waals surface area contributed by atoms with E-state index in [1.165, 1.54) is 31.6 Å². The summed E-state index contributed by atoms with van der Waals surface area (Å²) in [6.45, 7) is 8.55. The SMILES string of the molecule is CCC1CN(CCN2CCCC2)c2ccc(CN)cc2O1. The van der Waals surface area contributed by atoms with E-state index in [1.807, 2.05) is 0 Å². The van der Waals surface area contributed by atoms with Crippen LogP contribution in [0.5, 0.6) is 5.75 Å². The maximum Gasteiger partial charge on any atom is 0.143 e. The van der Waals surface area contributed by atoms with Crippen molar-refractivity contribution in [1.82, 2.24) is 4.90 Å². The Hall–Kier alpha value is -1.26. The molecule has 1 atom stereocenters. The van der Waals surface area contributed by atoms with Crippen molar-refractivity contribution in [2.45, 2.75) is 38.8 Å². The first-order chi connectivity index (χ1) is 10.3. The number of fused-ring (bicyclic) bond motifs is 1. The number of nitrogens with zero attached hydrogens (tertiary/aromatic N) is 2. The third-order valence-electron chi connectivity index (χ3n) is 4.66. The first kappa shape index (κ1) is 14.7. The number of rotatable bonds is 5. The van der Waals surface area contributed by atoms with Gasteiger partial charge in [-0.15, -0.1) is 0 Å². The maximum atomic E-state index is 6.11. The summed E-state index contributed by atoms with van der Waals surface area (Å²) in [7, 11) is 0. The molecule has 1 aromatic carbocycles. The zero-order valence-corrected chi connectivity index (χ0v) is 13.1. The van der Waals surface area contributed by atoms with Crippen LogP contribution in [0.2, 0.25) is 0 Å². The van der Waals surface area contributed by atoms with E-state index in [2.05, 4.69) is 34.9 Å². The molecule has 0 aliphatic carbocycles. The highest BCUT2D eigenvalue weighted by Crippen LogP contribution is 2.34. The highest BCUT2D eigenvalue weighted by atomic mass is 16.5. The van der Waals surface area contributed by atoms with Gasteiger partial charge in [-0.2, -0.15) is 0 Å². The predicted octanol–water partition coefficient (Wildman–Crippen LogP) is 2.22. The van der Waals surface area contributed by atoms with E-state index in [0.29, 0.717) is 12.6 Å². The Balaban J connectivity index is 1.73. The van der Waals surface area contributed by atoms with E-state index in [9.17, 15) is 0 Å². The van der Waals surface area contributed by atoms with Crippen LogP contribution in [-0.2, 0) is 6.54 Å². The van der Waals surface area contributed by atoms with Gasteiger partial charge in [0.25, 0.3) is 0 Å². The summed E-state index contributed by atoms with van der Waals surface area (Å²) in [5.74, 6) is 1.01. The van der Waals surface area contributed by atoms with E-state index >= 15 is 0 Å². The quantitative estimate of drug-likeness (QED) is 0.902. The van der Waals surface area contributed by atoms with Crippen molar-refractivity contribution in [3.8, 4) is 5.75 Å². The molecule has 1 aromatic rings. The van der Waals surface area contributed by atoms with Crippen LogP contribution in [0, 0.1) is 0 Å². The molecule has 0 spiro atoms. The molecule has 0 amide bonds. The molecule has 0 saturated carbocycles. The number of likely N-dealkylation sites (tertiary alicyclic amines) is 1. The second-order valence-corrected chi connectivity index (χ2v) is 6.15. The fourth-order valence-electron chi connectivity index (χ4n) is 3.29. The molecular weight excluding hydrogens is 262 g/mol. The predicted molar refractivity (Wildman–Crippen MR) is 86.9 cm³/mol. The zero-order chi connectivity index (χ0) is 14.7. The standard InChI is InChI=1S/C17H27N3O/c1-2-15-13-20(10-9-19-7-3-4-8-19)16-6-5-14(12-18)11-17(16)21-15/h5-6,11,15H,2-4,7-10,12-13,18H2,1H3. The molecule has 0 bridgehead atoms. The maximum absolute atomic E-state index is 6.11. The van der Waals surface area contributed by atoms with Crippen molar-refractivity contribution < 1.29 is 4.74 Å². The number of nitrogens with two attached hydrogens (primary N) is 1. The van der Waals surface area contributed by atoms with Gasteiger partial charge in [-0.05, 0) is 50.0 Å². The second-order valence-electron chi connectivity index (χ2n) is 6.15. The van der Waals surface area contributed by atoms with Crippen LogP contribution in [0.4, 0.5) is 5.69 Å². The number of ether oxygens (including phenoxy) is 1. The Kier molecular flexibility index (Phi) is 4.66. The lowest BCUT2D eigenvalue weighted by atomic mass is 10.1. The fourth-order valence-corrected chi connectivity index (χ4v) is 3.29. The van der Waals surface area contributed by atoms with Crippen LogP contribution in [-0.4, -0.2) is 43.7 Å². The molecule has 1 saturated heterocycles. The van der Waals surface area contributed by atoms with E-state index in [4.69, 9.17) is 10.5 Å². The van der Waals surface area contributed by atoms with Crippen molar-refractivity contribution in [1.29, 1.82) is 0 Å². The molecule has 21 heavy (non-hydrogen) atoms. The number of hydrogen-bond donors (Lipinski definition) is 1. The summed E-state index contributed by atoms with van der Waals surface area (Å²) in [6.07, 6.45) is 4.06. The van der Waals surface area contributed by atoms with Crippen LogP contribution in [0.3, 0.4) is 0 Å². The molecule has 116 valence electrons. The minimum Gasteiger partial charge on any atom is -0.486 e. The van der Waals surface area contributed by atoms with Crippen LogP contribution in [0.25, 0.3) is 0 Å². The van der Waals surface area contributed by atoms with Gasteiger partial charge >= 0.3 is 0 Å². The fraction of sp³-hybridized carbons (Fsp3) is 0.647. The number of anilines is 1. The van der Waals surface area contributed by atoms with Gasteiger partial charge in [-0.25, -0.2) is 0 Å². The van der Waals surface area contributed by atoms with Gasteiger partial charge in [0.15, 0.2) is 0 Å². The van der Waals surface area contributed by atoms with Crippen LogP contribution >= 0.6 is 0 Å². The van der Waals surface area contributed by atoms with Gasteiger partial charge in [0, 0.05) is 19.6 Å². The first-order valence-corrected chi connectivity index (χ1v) is 8.27. The van der Waals surface area contributed by atoms with Gasteiger partial charge in [-0.3, -0.25) is 0 Å². The minimum atomic E-state index is 0.295. The highest BCUT2D eigenvalue weighted by molar-refractivity contribution is 5.61. The topological polar surface area (TPSA) is 41.7 Å². The van der Waals surface area contributed by atoms with Gasteiger partial charge in [0.05, 0.1) is 12.2 Å². The summed E-state index contributed by atoms with van der Waals surface area (Å²) in [5.41, 5.74) is 8.13. The van der Waals surface area contributed by atoms with Crippen LogP contribution in [0.1, 0.15) is 31.7 Å². The Morgan fingerprint density at radius 1 is 1.24 bits per heavy atom. The van der Waals surface area contributed by atoms with Gasteiger partial charge in [0.2, 0.25) is 0 Å². The average Bonchev–Trinajstić information content (AvgIpc) is 3.05. The molecule has 0 radical (unpaired) electrons. The van der Waals surface area contributed by atoms with Crippen LogP contribution < -0.4 is 15.4 Å². The third kappa shape index (κ3) is 3.33. The largest absolute Gasteiger partial charge is 0.486 e. The lowest BCUT2D eigenvalue weighted by Crippen LogP contribution is -2.43. The van der Waals surface area contributed by atoms with Crippen molar-refractivity contribution in [3.05, 3.63) is 23.8 Å². The smallest absolute Gasteiger partial charge is 0.143 e. The van der Waals surface area contributed by atoms with Crippen molar-refractivity contribution in [2.75, 3.05) is 37.6 Å². The Morgan fingerprint density at radius 2 is 2.05 bits per heavy atom. The molecular formula is C17H27N3O. The number of hydrogen-bond acceptors (Lipinski definition) is 4. The summed E-state index contributed by atoms with van der Waals surface area (Å²) in [5, 5.41) is 0. The first-order valence-electron chi connectivity index (χ1n) is 8.27. The molecule has 1 fully saturated rings. The Labute approximate surface area is 127 Å². The monoisotopic (exact) mass is 289 g/mol. The summed E-state index contributed by atoms with van der Waals surface area (Å²) in [6, 6.07) is 6.41. The molecule has 2 heterocycles. The van der Waals surface area contributed by atoms with E-state index < -0.39 is 0 Å². The third-order valence-corrected chi connectivity index (χ3v) is 4.66. The van der Waals surface area contributed by atoms with Crippen molar-refractivity contribution in [2.24, 2.45) is 5.73 Å². The molecule has 2 aliphatic heterocycles. The molecule has 4 heteroatoms. The molecule has 2 N–H and O–H groups in total. The summed E-state index contributed by atoms with van der Waals surface area (Å²) >= 11 is 0. The Bertz CT molecular complexity index is 471. The summed E-state index contributed by atoms with van der Waals surface area (Å²) in [4.78, 5) is 5.07. The zero-order valence-electron chi connectivity index (χ0n) is 13.1. The lowest BCUT2D eigenvalue weighted by Gasteiger charge is -2.37. The molecule has 0 aromatic heterocycles. The van der Waals surface area contributed by atoms with Gasteiger partial charge in [0.1, 0.15) is 11.9 Å².